The van der Waals surface area contributed by atoms with E-state index >= 15 is 0 Å². The van der Waals surface area contributed by atoms with Crippen molar-refractivity contribution >= 4 is 15.5 Å². The van der Waals surface area contributed by atoms with Gasteiger partial charge in [0.15, 0.2) is 15.5 Å². The number of rotatable bonds is 5. The van der Waals surface area contributed by atoms with E-state index in [1.54, 1.807) is 31.2 Å². The van der Waals surface area contributed by atoms with Crippen molar-refractivity contribution in [1.82, 2.24) is 9.78 Å². The molecule has 0 unspecified atom stereocenters. The minimum absolute atomic E-state index is 0.0232. The van der Waals surface area contributed by atoms with Gasteiger partial charge >= 0.3 is 6.18 Å². The summed E-state index contributed by atoms with van der Waals surface area (Å²) in [4.78, 5) is 2.21. The number of nitrogens with zero attached hydrogens (tertiary/aromatic N) is 3. The van der Waals surface area contributed by atoms with Crippen LogP contribution in [0.2, 0.25) is 0 Å². The maximum Gasteiger partial charge on any atom is 0.433 e. The molecular formula is C23H24F3N3O3S. The fourth-order valence-electron chi connectivity index (χ4n) is 3.97. The molecule has 1 saturated heterocycles. The van der Waals surface area contributed by atoms with Crippen LogP contribution in [0.25, 0.3) is 22.4 Å². The predicted octanol–water partition coefficient (Wildman–Crippen LogP) is 4.50. The fourth-order valence-corrected chi connectivity index (χ4v) is 4.61. The van der Waals surface area contributed by atoms with Gasteiger partial charge < -0.3 is 9.64 Å². The Morgan fingerprint density at radius 2 is 1.55 bits per heavy atom. The van der Waals surface area contributed by atoms with Crippen LogP contribution in [0.5, 0.6) is 0 Å². The summed E-state index contributed by atoms with van der Waals surface area (Å²) in [5.41, 5.74) is 1.02. The molecule has 6 nitrogen and oxygen atoms in total. The second kappa shape index (κ2) is 8.83. The van der Waals surface area contributed by atoms with Crippen molar-refractivity contribution in [3.63, 3.8) is 0 Å². The molecule has 33 heavy (non-hydrogen) atoms. The highest BCUT2D eigenvalue weighted by Crippen LogP contribution is 2.43. The number of hydrogen-bond donors (Lipinski definition) is 0. The highest BCUT2D eigenvalue weighted by molar-refractivity contribution is 7.90. The number of aromatic nitrogens is 2. The summed E-state index contributed by atoms with van der Waals surface area (Å²) in [5, 5.41) is 4.27. The van der Waals surface area contributed by atoms with Crippen LogP contribution in [0, 0.1) is 0 Å². The SMILES string of the molecule is CCn1nc(-c2ccc(S(C)(=O)=O)cc2)c(-c2ccc(N3CCOCC3)cc2)c1C(F)(F)F. The average Bonchev–Trinajstić information content (AvgIpc) is 3.20. The van der Waals surface area contributed by atoms with Crippen LogP contribution in [0.4, 0.5) is 18.9 Å². The molecule has 2 aromatic carbocycles. The second-order valence-electron chi connectivity index (χ2n) is 7.83. The first-order valence-corrected chi connectivity index (χ1v) is 12.4. The van der Waals surface area contributed by atoms with E-state index in [9.17, 15) is 21.6 Å². The molecule has 0 aliphatic carbocycles. The molecule has 1 aliphatic rings. The molecule has 0 spiro atoms. The van der Waals surface area contributed by atoms with E-state index in [1.807, 2.05) is 0 Å². The third-order valence-corrected chi connectivity index (χ3v) is 6.74. The van der Waals surface area contributed by atoms with Crippen molar-refractivity contribution in [2.75, 3.05) is 37.5 Å². The molecule has 0 amide bonds. The number of ether oxygens (including phenoxy) is 1. The largest absolute Gasteiger partial charge is 0.433 e. The number of alkyl halides is 3. The smallest absolute Gasteiger partial charge is 0.378 e. The highest BCUT2D eigenvalue weighted by Gasteiger charge is 2.40. The molecule has 176 valence electrons. The van der Waals surface area contributed by atoms with Crippen LogP contribution in [-0.4, -0.2) is 50.8 Å². The number of morpholine rings is 1. The first-order chi connectivity index (χ1) is 15.6. The number of anilines is 1. The zero-order valence-electron chi connectivity index (χ0n) is 18.3. The van der Waals surface area contributed by atoms with Gasteiger partial charge in [0.05, 0.1) is 18.1 Å². The Morgan fingerprint density at radius 3 is 2.06 bits per heavy atom. The Bertz CT molecular complexity index is 1230. The zero-order chi connectivity index (χ0) is 23.8. The van der Waals surface area contributed by atoms with Crippen LogP contribution in [0.1, 0.15) is 12.6 Å². The zero-order valence-corrected chi connectivity index (χ0v) is 19.1. The minimum atomic E-state index is -4.62. The van der Waals surface area contributed by atoms with E-state index in [0.29, 0.717) is 24.3 Å². The van der Waals surface area contributed by atoms with Gasteiger partial charge in [0.25, 0.3) is 0 Å². The summed E-state index contributed by atoms with van der Waals surface area (Å²) in [6.07, 6.45) is -3.54. The number of halogens is 3. The molecule has 0 N–H and O–H groups in total. The molecule has 1 aromatic heterocycles. The van der Waals surface area contributed by atoms with Gasteiger partial charge in [-0.25, -0.2) is 8.42 Å². The van der Waals surface area contributed by atoms with Gasteiger partial charge in [-0.05, 0) is 36.8 Å². The predicted molar refractivity (Wildman–Crippen MR) is 120 cm³/mol. The van der Waals surface area contributed by atoms with Gasteiger partial charge in [-0.1, -0.05) is 24.3 Å². The Balaban J connectivity index is 1.84. The molecule has 1 fully saturated rings. The monoisotopic (exact) mass is 479 g/mol. The van der Waals surface area contributed by atoms with Gasteiger partial charge in [-0.2, -0.15) is 18.3 Å². The standard InChI is InChI=1S/C23H24F3N3O3S/c1-3-29-22(23(24,25)26)20(16-4-8-18(9-5-16)28-12-14-32-15-13-28)21(27-29)17-6-10-19(11-7-17)33(2,30)31/h4-11H,3,12-15H2,1-2H3. The quantitative estimate of drug-likeness (QED) is 0.539. The summed E-state index contributed by atoms with van der Waals surface area (Å²) >= 11 is 0. The summed E-state index contributed by atoms with van der Waals surface area (Å²) in [6, 6.07) is 12.7. The average molecular weight is 480 g/mol. The van der Waals surface area contributed by atoms with Gasteiger partial charge in [0.2, 0.25) is 0 Å². The fraction of sp³-hybridized carbons (Fsp3) is 0.348. The van der Waals surface area contributed by atoms with Crippen LogP contribution in [0.3, 0.4) is 0 Å². The molecule has 2 heterocycles. The van der Waals surface area contributed by atoms with Crippen molar-refractivity contribution in [2.24, 2.45) is 0 Å². The molecule has 0 saturated carbocycles. The maximum atomic E-state index is 14.1. The summed E-state index contributed by atoms with van der Waals surface area (Å²) in [7, 11) is -3.43. The minimum Gasteiger partial charge on any atom is -0.378 e. The molecule has 10 heteroatoms. The van der Waals surface area contributed by atoms with Crippen LogP contribution in [-0.2, 0) is 27.3 Å². The lowest BCUT2D eigenvalue weighted by atomic mass is 9.98. The summed E-state index contributed by atoms with van der Waals surface area (Å²) in [5.74, 6) is 0. The van der Waals surface area contributed by atoms with E-state index in [1.165, 1.54) is 24.3 Å². The van der Waals surface area contributed by atoms with Crippen molar-refractivity contribution in [2.45, 2.75) is 24.5 Å². The number of hydrogen-bond acceptors (Lipinski definition) is 5. The summed E-state index contributed by atoms with van der Waals surface area (Å²) < 4.78 is 72.3. The number of benzene rings is 2. The lowest BCUT2D eigenvalue weighted by Crippen LogP contribution is -2.36. The Labute approximate surface area is 190 Å². The Hall–Kier alpha value is -2.85. The van der Waals surface area contributed by atoms with E-state index in [0.717, 1.165) is 29.7 Å². The lowest BCUT2D eigenvalue weighted by molar-refractivity contribution is -0.143. The molecule has 0 atom stereocenters. The topological polar surface area (TPSA) is 64.4 Å². The lowest BCUT2D eigenvalue weighted by Gasteiger charge is -2.29. The number of aryl methyl sites for hydroxylation is 1. The molecule has 4 rings (SSSR count). The third kappa shape index (κ3) is 4.77. The van der Waals surface area contributed by atoms with Gasteiger partial charge in [-0.15, -0.1) is 0 Å². The Morgan fingerprint density at radius 1 is 0.970 bits per heavy atom. The molecule has 0 radical (unpaired) electrons. The second-order valence-corrected chi connectivity index (χ2v) is 9.84. The summed E-state index contributed by atoms with van der Waals surface area (Å²) in [6.45, 7) is 4.30. The molecular weight excluding hydrogens is 455 g/mol. The van der Waals surface area contributed by atoms with Crippen molar-refractivity contribution in [1.29, 1.82) is 0 Å². The highest BCUT2D eigenvalue weighted by atomic mass is 32.2. The van der Waals surface area contributed by atoms with E-state index in [2.05, 4.69) is 10.00 Å². The molecule has 1 aliphatic heterocycles. The van der Waals surface area contributed by atoms with Crippen molar-refractivity contribution in [3.8, 4) is 22.4 Å². The van der Waals surface area contributed by atoms with Crippen LogP contribution in [0.15, 0.2) is 53.4 Å². The van der Waals surface area contributed by atoms with Gasteiger partial charge in [0, 0.05) is 42.7 Å². The first kappa shape index (κ1) is 23.3. The van der Waals surface area contributed by atoms with E-state index < -0.39 is 21.7 Å². The van der Waals surface area contributed by atoms with Gasteiger partial charge in [-0.3, -0.25) is 4.68 Å². The maximum absolute atomic E-state index is 14.1. The molecule has 0 bridgehead atoms. The van der Waals surface area contributed by atoms with Crippen molar-refractivity contribution in [3.05, 3.63) is 54.2 Å². The first-order valence-electron chi connectivity index (χ1n) is 10.5. The third-order valence-electron chi connectivity index (χ3n) is 5.61. The molecule has 3 aromatic rings. The van der Waals surface area contributed by atoms with Crippen molar-refractivity contribution < 1.29 is 26.3 Å². The van der Waals surface area contributed by atoms with Gasteiger partial charge in [0.1, 0.15) is 5.69 Å². The van der Waals surface area contributed by atoms with Crippen LogP contribution < -0.4 is 4.90 Å². The van der Waals surface area contributed by atoms with Crippen LogP contribution >= 0.6 is 0 Å². The number of sulfone groups is 1. The van der Waals surface area contributed by atoms with E-state index in [4.69, 9.17) is 4.74 Å². The van der Waals surface area contributed by atoms with E-state index in [-0.39, 0.29) is 22.7 Å². The normalized spacial score (nSPS) is 15.1. The Kier molecular flexibility index (Phi) is 6.24.